The normalized spacial score (nSPS) is 60.4. The molecule has 1 spiro atoms. The standard InChI is InChI=1S/C15H26O2/c1-9-7-10(16)12-13(2,3)11-8-15(9,12)6-5-14(11,4)17/h9-12,16-17H,5-8H2,1-4H3/t9-,10-,11-,12+,14-,15+/m1/s1. The van der Waals surface area contributed by atoms with Gasteiger partial charge in [0, 0.05) is 0 Å². The molecule has 0 amide bonds. The van der Waals surface area contributed by atoms with Crippen LogP contribution in [0.1, 0.15) is 53.4 Å². The predicted molar refractivity (Wildman–Crippen MR) is 67.5 cm³/mol. The van der Waals surface area contributed by atoms with E-state index in [1.807, 2.05) is 6.92 Å². The summed E-state index contributed by atoms with van der Waals surface area (Å²) < 4.78 is 0. The molecule has 0 heterocycles. The lowest BCUT2D eigenvalue weighted by atomic mass is 9.64. The third-order valence-corrected chi connectivity index (χ3v) is 6.71. The van der Waals surface area contributed by atoms with E-state index >= 15 is 0 Å². The van der Waals surface area contributed by atoms with Crippen molar-refractivity contribution in [3.8, 4) is 0 Å². The molecule has 6 atom stereocenters. The molecule has 0 aromatic rings. The van der Waals surface area contributed by atoms with Gasteiger partial charge in [-0.2, -0.15) is 0 Å². The summed E-state index contributed by atoms with van der Waals surface area (Å²) >= 11 is 0. The van der Waals surface area contributed by atoms with E-state index in [4.69, 9.17) is 0 Å². The van der Waals surface area contributed by atoms with Crippen molar-refractivity contribution in [1.29, 1.82) is 0 Å². The Morgan fingerprint density at radius 2 is 1.76 bits per heavy atom. The Kier molecular flexibility index (Phi) is 2.17. The van der Waals surface area contributed by atoms with E-state index in [0.29, 0.717) is 23.2 Å². The monoisotopic (exact) mass is 238 g/mol. The zero-order valence-electron chi connectivity index (χ0n) is 11.5. The molecule has 3 aliphatic rings. The van der Waals surface area contributed by atoms with Crippen LogP contribution in [0.15, 0.2) is 0 Å². The summed E-state index contributed by atoms with van der Waals surface area (Å²) in [5.41, 5.74) is -0.140. The first-order valence-electron chi connectivity index (χ1n) is 7.12. The topological polar surface area (TPSA) is 40.5 Å². The van der Waals surface area contributed by atoms with Crippen molar-refractivity contribution in [3.63, 3.8) is 0 Å². The summed E-state index contributed by atoms with van der Waals surface area (Å²) in [6, 6.07) is 0. The van der Waals surface area contributed by atoms with E-state index in [0.717, 1.165) is 25.7 Å². The van der Waals surface area contributed by atoms with E-state index in [1.54, 1.807) is 0 Å². The molecule has 98 valence electrons. The molecule has 0 aromatic heterocycles. The van der Waals surface area contributed by atoms with Crippen LogP contribution in [0.3, 0.4) is 0 Å². The van der Waals surface area contributed by atoms with Gasteiger partial charge in [0.1, 0.15) is 0 Å². The van der Waals surface area contributed by atoms with Gasteiger partial charge in [-0.1, -0.05) is 20.8 Å². The molecule has 2 N–H and O–H groups in total. The number of hydrogen-bond acceptors (Lipinski definition) is 2. The van der Waals surface area contributed by atoms with Crippen LogP contribution in [0.5, 0.6) is 0 Å². The molecule has 2 heteroatoms. The average Bonchev–Trinajstić information content (AvgIpc) is 2.55. The highest BCUT2D eigenvalue weighted by atomic mass is 16.3. The summed E-state index contributed by atoms with van der Waals surface area (Å²) in [4.78, 5) is 0. The average molecular weight is 238 g/mol. The second kappa shape index (κ2) is 3.08. The number of rotatable bonds is 0. The maximum Gasteiger partial charge on any atom is 0.0653 e. The van der Waals surface area contributed by atoms with Crippen molar-refractivity contribution in [1.82, 2.24) is 0 Å². The molecule has 0 unspecified atom stereocenters. The van der Waals surface area contributed by atoms with E-state index in [2.05, 4.69) is 20.8 Å². The van der Waals surface area contributed by atoms with Crippen LogP contribution < -0.4 is 0 Å². The second-order valence-electron chi connectivity index (χ2n) is 7.85. The molecule has 0 radical (unpaired) electrons. The lowest BCUT2D eigenvalue weighted by Crippen LogP contribution is -2.44. The molecular formula is C15H26O2. The number of fused-ring (bicyclic) bond motifs is 1. The number of aliphatic hydroxyl groups excluding tert-OH is 1. The first-order valence-corrected chi connectivity index (χ1v) is 7.12. The molecule has 17 heavy (non-hydrogen) atoms. The highest BCUT2D eigenvalue weighted by molar-refractivity contribution is 5.19. The zero-order chi connectivity index (χ0) is 12.6. The fourth-order valence-corrected chi connectivity index (χ4v) is 6.03. The predicted octanol–water partition coefficient (Wildman–Crippen LogP) is 2.58. The van der Waals surface area contributed by atoms with Crippen molar-refractivity contribution in [3.05, 3.63) is 0 Å². The number of hydrogen-bond donors (Lipinski definition) is 2. The summed E-state index contributed by atoms with van der Waals surface area (Å²) in [6.07, 6.45) is 3.94. The van der Waals surface area contributed by atoms with Crippen molar-refractivity contribution in [2.75, 3.05) is 0 Å². The first-order chi connectivity index (χ1) is 7.72. The molecular weight excluding hydrogens is 212 g/mol. The minimum absolute atomic E-state index is 0.0736. The van der Waals surface area contributed by atoms with Crippen LogP contribution in [0.2, 0.25) is 0 Å². The zero-order valence-corrected chi connectivity index (χ0v) is 11.5. The molecule has 3 rings (SSSR count). The van der Waals surface area contributed by atoms with E-state index < -0.39 is 5.60 Å². The summed E-state index contributed by atoms with van der Waals surface area (Å²) in [5.74, 6) is 1.36. The quantitative estimate of drug-likeness (QED) is 0.681. The Morgan fingerprint density at radius 3 is 2.41 bits per heavy atom. The first kappa shape index (κ1) is 12.0. The largest absolute Gasteiger partial charge is 0.393 e. The SMILES string of the molecule is C[C@@H]1C[C@@H](O)[C@H]2C(C)(C)[C@H]3C[C@@]12CC[C@@]3(C)O. The molecule has 3 aliphatic carbocycles. The maximum absolute atomic E-state index is 10.6. The molecule has 2 nitrogen and oxygen atoms in total. The van der Waals surface area contributed by atoms with Crippen LogP contribution in [0.25, 0.3) is 0 Å². The highest BCUT2D eigenvalue weighted by Gasteiger charge is 2.70. The van der Waals surface area contributed by atoms with Gasteiger partial charge in [0.05, 0.1) is 11.7 Å². The Balaban J connectivity index is 2.09. The molecule has 0 saturated heterocycles. The molecule has 3 saturated carbocycles. The van der Waals surface area contributed by atoms with Gasteiger partial charge in [-0.15, -0.1) is 0 Å². The molecule has 2 bridgehead atoms. The van der Waals surface area contributed by atoms with Gasteiger partial charge in [0.25, 0.3) is 0 Å². The minimum atomic E-state index is -0.529. The van der Waals surface area contributed by atoms with Crippen molar-refractivity contribution < 1.29 is 10.2 Å². The van der Waals surface area contributed by atoms with E-state index in [1.165, 1.54) is 0 Å². The van der Waals surface area contributed by atoms with E-state index in [-0.39, 0.29) is 11.5 Å². The summed E-state index contributed by atoms with van der Waals surface area (Å²) in [6.45, 7) is 8.85. The third kappa shape index (κ3) is 1.24. The van der Waals surface area contributed by atoms with Gasteiger partial charge in [0.2, 0.25) is 0 Å². The van der Waals surface area contributed by atoms with Gasteiger partial charge in [-0.05, 0) is 61.2 Å². The minimum Gasteiger partial charge on any atom is -0.393 e. The second-order valence-corrected chi connectivity index (χ2v) is 7.85. The smallest absolute Gasteiger partial charge is 0.0653 e. The molecule has 0 aromatic carbocycles. The lowest BCUT2D eigenvalue weighted by molar-refractivity contribution is -0.0746. The van der Waals surface area contributed by atoms with Crippen LogP contribution in [-0.4, -0.2) is 21.9 Å². The van der Waals surface area contributed by atoms with Crippen LogP contribution in [-0.2, 0) is 0 Å². The van der Waals surface area contributed by atoms with Gasteiger partial charge in [0.15, 0.2) is 0 Å². The summed E-state index contributed by atoms with van der Waals surface area (Å²) in [5, 5.41) is 21.1. The van der Waals surface area contributed by atoms with Crippen LogP contribution in [0.4, 0.5) is 0 Å². The summed E-state index contributed by atoms with van der Waals surface area (Å²) in [7, 11) is 0. The fourth-order valence-electron chi connectivity index (χ4n) is 6.03. The van der Waals surface area contributed by atoms with Crippen molar-refractivity contribution >= 4 is 0 Å². The Labute approximate surface area is 104 Å². The molecule has 3 fully saturated rings. The maximum atomic E-state index is 10.6. The Morgan fingerprint density at radius 1 is 1.12 bits per heavy atom. The van der Waals surface area contributed by atoms with E-state index in [9.17, 15) is 10.2 Å². The van der Waals surface area contributed by atoms with Gasteiger partial charge in [-0.25, -0.2) is 0 Å². The lowest BCUT2D eigenvalue weighted by Gasteiger charge is -2.44. The van der Waals surface area contributed by atoms with Crippen molar-refractivity contribution in [2.45, 2.75) is 65.1 Å². The van der Waals surface area contributed by atoms with Crippen LogP contribution in [0, 0.1) is 28.6 Å². The Bertz CT molecular complexity index is 347. The highest BCUT2D eigenvalue weighted by Crippen LogP contribution is 2.73. The van der Waals surface area contributed by atoms with Gasteiger partial charge in [-0.3, -0.25) is 0 Å². The van der Waals surface area contributed by atoms with Gasteiger partial charge >= 0.3 is 0 Å². The Hall–Kier alpha value is -0.0800. The fraction of sp³-hybridized carbons (Fsp3) is 1.00. The van der Waals surface area contributed by atoms with Crippen molar-refractivity contribution in [2.24, 2.45) is 28.6 Å². The molecule has 0 aliphatic heterocycles. The number of aliphatic hydroxyl groups is 2. The van der Waals surface area contributed by atoms with Gasteiger partial charge < -0.3 is 10.2 Å². The van der Waals surface area contributed by atoms with Crippen LogP contribution >= 0.6 is 0 Å². The third-order valence-electron chi connectivity index (χ3n) is 6.71.